The highest BCUT2D eigenvalue weighted by Gasteiger charge is 1.93. The van der Waals surface area contributed by atoms with Crippen molar-refractivity contribution >= 4 is 0 Å². The molecule has 1 rings (SSSR count). The summed E-state index contributed by atoms with van der Waals surface area (Å²) in [5.41, 5.74) is 0.511. The van der Waals surface area contributed by atoms with Crippen LogP contribution < -0.4 is 0 Å². The van der Waals surface area contributed by atoms with E-state index in [0.717, 1.165) is 6.54 Å². The van der Waals surface area contributed by atoms with Crippen molar-refractivity contribution in [2.24, 2.45) is 0 Å². The number of alkyl halides is 1. The Kier molecular flexibility index (Phi) is 1.82. The average Bonchev–Trinajstić information content (AvgIpc) is 2.34. The van der Waals surface area contributed by atoms with Gasteiger partial charge in [0.25, 0.3) is 0 Å². The fraction of sp³-hybridized carbons (Fsp3) is 0.500. The first kappa shape index (κ1) is 6.26. The fourth-order valence-electron chi connectivity index (χ4n) is 0.648. The Balaban J connectivity index is 2.74. The summed E-state index contributed by atoms with van der Waals surface area (Å²) >= 11 is 0. The van der Waals surface area contributed by atoms with Crippen LogP contribution in [0.25, 0.3) is 0 Å². The third-order valence-corrected chi connectivity index (χ3v) is 1.19. The standard InChI is InChI=1S/C6H9FN2/c1-2-9-4-6(3-7)8-5-9/h4-5H,2-3H2,1H3. The molecule has 0 aliphatic carbocycles. The molecule has 0 aliphatic heterocycles. The zero-order chi connectivity index (χ0) is 6.69. The van der Waals surface area contributed by atoms with Crippen LogP contribution in [0, 0.1) is 0 Å². The summed E-state index contributed by atoms with van der Waals surface area (Å²) in [6, 6.07) is 0. The van der Waals surface area contributed by atoms with Gasteiger partial charge in [-0.3, -0.25) is 0 Å². The molecular weight excluding hydrogens is 119 g/mol. The van der Waals surface area contributed by atoms with Crippen LogP contribution in [-0.4, -0.2) is 9.55 Å². The van der Waals surface area contributed by atoms with E-state index in [1.807, 2.05) is 11.5 Å². The van der Waals surface area contributed by atoms with Gasteiger partial charge in [-0.25, -0.2) is 9.37 Å². The van der Waals surface area contributed by atoms with E-state index in [2.05, 4.69) is 4.98 Å². The molecule has 0 saturated heterocycles. The number of hydrogen-bond donors (Lipinski definition) is 0. The number of halogens is 1. The van der Waals surface area contributed by atoms with Crippen molar-refractivity contribution in [1.82, 2.24) is 9.55 Å². The van der Waals surface area contributed by atoms with Gasteiger partial charge in [0, 0.05) is 12.7 Å². The van der Waals surface area contributed by atoms with E-state index >= 15 is 0 Å². The minimum atomic E-state index is -0.465. The van der Waals surface area contributed by atoms with E-state index in [1.54, 1.807) is 12.5 Å². The van der Waals surface area contributed by atoms with Crippen LogP contribution in [0.5, 0.6) is 0 Å². The molecule has 0 N–H and O–H groups in total. The molecule has 1 heterocycles. The van der Waals surface area contributed by atoms with Crippen molar-refractivity contribution in [3.8, 4) is 0 Å². The summed E-state index contributed by atoms with van der Waals surface area (Å²) in [5.74, 6) is 0. The molecule has 3 heteroatoms. The highest BCUT2D eigenvalue weighted by molar-refractivity contribution is 4.93. The number of rotatable bonds is 2. The van der Waals surface area contributed by atoms with E-state index in [-0.39, 0.29) is 0 Å². The molecule has 0 atom stereocenters. The lowest BCUT2D eigenvalue weighted by Crippen LogP contribution is -1.86. The number of nitrogens with zero attached hydrogens (tertiary/aromatic N) is 2. The van der Waals surface area contributed by atoms with Crippen molar-refractivity contribution in [2.45, 2.75) is 20.1 Å². The third-order valence-electron chi connectivity index (χ3n) is 1.19. The van der Waals surface area contributed by atoms with Crippen molar-refractivity contribution in [3.63, 3.8) is 0 Å². The lowest BCUT2D eigenvalue weighted by Gasteiger charge is -1.89. The van der Waals surface area contributed by atoms with Gasteiger partial charge in [0.1, 0.15) is 6.67 Å². The second-order valence-corrected chi connectivity index (χ2v) is 1.83. The van der Waals surface area contributed by atoms with Crippen LogP contribution in [0.15, 0.2) is 12.5 Å². The molecule has 0 bridgehead atoms. The fourth-order valence-corrected chi connectivity index (χ4v) is 0.648. The van der Waals surface area contributed by atoms with E-state index in [1.165, 1.54) is 0 Å². The highest BCUT2D eigenvalue weighted by Crippen LogP contribution is 1.96. The van der Waals surface area contributed by atoms with E-state index in [9.17, 15) is 4.39 Å². The van der Waals surface area contributed by atoms with Crippen LogP contribution in [0.3, 0.4) is 0 Å². The maximum absolute atomic E-state index is 11.8. The average molecular weight is 128 g/mol. The minimum absolute atomic E-state index is 0.465. The predicted molar refractivity (Wildman–Crippen MR) is 32.7 cm³/mol. The van der Waals surface area contributed by atoms with Gasteiger partial charge in [0.2, 0.25) is 0 Å². The van der Waals surface area contributed by atoms with Crippen LogP contribution in [0.4, 0.5) is 4.39 Å². The molecule has 1 aromatic rings. The molecule has 2 nitrogen and oxygen atoms in total. The smallest absolute Gasteiger partial charge is 0.133 e. The monoisotopic (exact) mass is 128 g/mol. The first-order chi connectivity index (χ1) is 4.36. The van der Waals surface area contributed by atoms with Crippen molar-refractivity contribution in [2.75, 3.05) is 0 Å². The van der Waals surface area contributed by atoms with Gasteiger partial charge in [-0.1, -0.05) is 0 Å². The Bertz CT molecular complexity index is 164. The van der Waals surface area contributed by atoms with Gasteiger partial charge in [0.05, 0.1) is 12.0 Å². The molecule has 50 valence electrons. The van der Waals surface area contributed by atoms with E-state index in [4.69, 9.17) is 0 Å². The summed E-state index contributed by atoms with van der Waals surface area (Å²) < 4.78 is 13.6. The SMILES string of the molecule is CCn1cnc(CF)c1. The molecule has 1 aromatic heterocycles. The van der Waals surface area contributed by atoms with Crippen molar-refractivity contribution in [3.05, 3.63) is 18.2 Å². The van der Waals surface area contributed by atoms with Gasteiger partial charge >= 0.3 is 0 Å². The van der Waals surface area contributed by atoms with Crippen LogP contribution in [0.1, 0.15) is 12.6 Å². The Morgan fingerprint density at radius 1 is 1.78 bits per heavy atom. The molecule has 9 heavy (non-hydrogen) atoms. The number of aromatic nitrogens is 2. The van der Waals surface area contributed by atoms with Gasteiger partial charge in [0.15, 0.2) is 0 Å². The molecular formula is C6H9FN2. The lowest BCUT2D eigenvalue weighted by atomic mass is 10.5. The normalized spacial score (nSPS) is 10.0. The Morgan fingerprint density at radius 3 is 2.89 bits per heavy atom. The second-order valence-electron chi connectivity index (χ2n) is 1.83. The van der Waals surface area contributed by atoms with Crippen LogP contribution >= 0.6 is 0 Å². The topological polar surface area (TPSA) is 17.8 Å². The molecule has 0 aliphatic rings. The molecule has 0 aromatic carbocycles. The van der Waals surface area contributed by atoms with Gasteiger partial charge in [-0.05, 0) is 6.92 Å². The first-order valence-corrected chi connectivity index (χ1v) is 2.93. The molecule has 0 spiro atoms. The molecule has 0 fully saturated rings. The molecule has 0 radical (unpaired) electrons. The minimum Gasteiger partial charge on any atom is -0.337 e. The summed E-state index contributed by atoms with van der Waals surface area (Å²) in [6.07, 6.45) is 3.34. The maximum atomic E-state index is 11.8. The Labute approximate surface area is 53.3 Å². The summed E-state index contributed by atoms with van der Waals surface area (Å²) in [7, 11) is 0. The highest BCUT2D eigenvalue weighted by atomic mass is 19.1. The van der Waals surface area contributed by atoms with E-state index in [0.29, 0.717) is 5.69 Å². The second kappa shape index (κ2) is 2.62. The van der Waals surface area contributed by atoms with Crippen molar-refractivity contribution < 1.29 is 4.39 Å². The molecule has 0 saturated carbocycles. The quantitative estimate of drug-likeness (QED) is 0.588. The first-order valence-electron chi connectivity index (χ1n) is 2.93. The zero-order valence-electron chi connectivity index (χ0n) is 5.34. The van der Waals surface area contributed by atoms with Crippen molar-refractivity contribution in [1.29, 1.82) is 0 Å². The lowest BCUT2D eigenvalue weighted by molar-refractivity contribution is 0.477. The number of aryl methyl sites for hydroxylation is 1. The van der Waals surface area contributed by atoms with Gasteiger partial charge in [-0.15, -0.1) is 0 Å². The maximum Gasteiger partial charge on any atom is 0.133 e. The zero-order valence-corrected chi connectivity index (χ0v) is 5.34. The third kappa shape index (κ3) is 1.28. The summed E-state index contributed by atoms with van der Waals surface area (Å²) in [4.78, 5) is 3.79. The van der Waals surface area contributed by atoms with Gasteiger partial charge < -0.3 is 4.57 Å². The molecule has 0 unspecified atom stereocenters. The number of imidazole rings is 1. The van der Waals surface area contributed by atoms with E-state index < -0.39 is 6.67 Å². The van der Waals surface area contributed by atoms with Gasteiger partial charge in [-0.2, -0.15) is 0 Å². The summed E-state index contributed by atoms with van der Waals surface area (Å²) in [6.45, 7) is 2.38. The van der Waals surface area contributed by atoms with Crippen LogP contribution in [-0.2, 0) is 13.2 Å². The largest absolute Gasteiger partial charge is 0.337 e. The summed E-state index contributed by atoms with van der Waals surface area (Å²) in [5, 5.41) is 0. The molecule has 0 amide bonds. The predicted octanol–water partition coefficient (Wildman–Crippen LogP) is 1.37. The van der Waals surface area contributed by atoms with Crippen LogP contribution in [0.2, 0.25) is 0 Å². The Hall–Kier alpha value is -0.860. The number of hydrogen-bond acceptors (Lipinski definition) is 1. The Morgan fingerprint density at radius 2 is 2.56 bits per heavy atom.